The minimum absolute atomic E-state index is 0.0391. The van der Waals surface area contributed by atoms with Crippen LogP contribution in [0.2, 0.25) is 0 Å². The Morgan fingerprint density at radius 1 is 1.33 bits per heavy atom. The van der Waals surface area contributed by atoms with E-state index in [0.29, 0.717) is 24.5 Å². The molecule has 1 saturated heterocycles. The van der Waals surface area contributed by atoms with Crippen molar-refractivity contribution in [1.82, 2.24) is 4.90 Å². The first-order valence-electron chi connectivity index (χ1n) is 6.18. The van der Waals surface area contributed by atoms with Crippen molar-refractivity contribution in [3.8, 4) is 5.75 Å². The van der Waals surface area contributed by atoms with E-state index in [9.17, 15) is 4.79 Å². The van der Waals surface area contributed by atoms with E-state index in [-0.39, 0.29) is 18.0 Å². The quantitative estimate of drug-likeness (QED) is 0.804. The largest absolute Gasteiger partial charge is 0.497 e. The normalized spacial score (nSPS) is 23.8. The number of hydrogen-bond acceptors (Lipinski definition) is 3. The number of rotatable bonds is 2. The molecule has 1 aromatic carbocycles. The molecule has 1 heterocycles. The van der Waals surface area contributed by atoms with Gasteiger partial charge in [0.05, 0.1) is 32.4 Å². The molecule has 1 aliphatic heterocycles. The predicted molar refractivity (Wildman–Crippen MR) is 68.9 cm³/mol. The second-order valence-electron chi connectivity index (χ2n) is 4.68. The van der Waals surface area contributed by atoms with Crippen LogP contribution in [0.1, 0.15) is 24.2 Å². The van der Waals surface area contributed by atoms with Crippen molar-refractivity contribution in [1.29, 1.82) is 0 Å². The van der Waals surface area contributed by atoms with Crippen molar-refractivity contribution < 1.29 is 14.3 Å². The van der Waals surface area contributed by atoms with E-state index in [0.717, 1.165) is 0 Å². The van der Waals surface area contributed by atoms with E-state index in [4.69, 9.17) is 9.47 Å². The lowest BCUT2D eigenvalue weighted by Crippen LogP contribution is -2.52. The van der Waals surface area contributed by atoms with Gasteiger partial charge in [0.2, 0.25) is 0 Å². The molecule has 0 aromatic heterocycles. The van der Waals surface area contributed by atoms with Crippen LogP contribution in [-0.4, -0.2) is 43.2 Å². The first-order valence-corrected chi connectivity index (χ1v) is 6.18. The summed E-state index contributed by atoms with van der Waals surface area (Å²) in [7, 11) is 1.60. The maximum absolute atomic E-state index is 12.5. The Kier molecular flexibility index (Phi) is 3.87. The lowest BCUT2D eigenvalue weighted by atomic mass is 10.1. The standard InChI is InChI=1S/C14H19NO3/c1-10-8-18-9-11(2)15(10)14(16)12-5-4-6-13(7-12)17-3/h4-7,10-11H,8-9H2,1-3H3. The third kappa shape index (κ3) is 2.48. The van der Waals surface area contributed by atoms with Gasteiger partial charge in [-0.25, -0.2) is 0 Å². The first-order chi connectivity index (χ1) is 8.63. The molecule has 0 bridgehead atoms. The van der Waals surface area contributed by atoms with Crippen LogP contribution in [-0.2, 0) is 4.74 Å². The van der Waals surface area contributed by atoms with Crippen LogP contribution in [0.3, 0.4) is 0 Å². The number of methoxy groups -OCH3 is 1. The number of hydrogen-bond donors (Lipinski definition) is 0. The third-order valence-corrected chi connectivity index (χ3v) is 3.22. The third-order valence-electron chi connectivity index (χ3n) is 3.22. The molecule has 2 atom stereocenters. The first kappa shape index (κ1) is 12.9. The molecule has 0 spiro atoms. The van der Waals surface area contributed by atoms with Crippen LogP contribution in [0.5, 0.6) is 5.75 Å². The number of ether oxygens (including phenoxy) is 2. The van der Waals surface area contributed by atoms with Gasteiger partial charge < -0.3 is 14.4 Å². The number of amides is 1. The van der Waals surface area contributed by atoms with Gasteiger partial charge >= 0.3 is 0 Å². The Bertz CT molecular complexity index is 423. The van der Waals surface area contributed by atoms with Crippen LogP contribution in [0, 0.1) is 0 Å². The minimum Gasteiger partial charge on any atom is -0.497 e. The van der Waals surface area contributed by atoms with Crippen molar-refractivity contribution in [3.63, 3.8) is 0 Å². The Balaban J connectivity index is 2.23. The Morgan fingerprint density at radius 2 is 2.00 bits per heavy atom. The van der Waals surface area contributed by atoms with E-state index >= 15 is 0 Å². The van der Waals surface area contributed by atoms with Crippen LogP contribution in [0.4, 0.5) is 0 Å². The lowest BCUT2D eigenvalue weighted by Gasteiger charge is -2.38. The highest BCUT2D eigenvalue weighted by Gasteiger charge is 2.30. The molecule has 98 valence electrons. The fourth-order valence-electron chi connectivity index (χ4n) is 2.31. The minimum atomic E-state index is 0.0391. The monoisotopic (exact) mass is 249 g/mol. The molecule has 4 nitrogen and oxygen atoms in total. The zero-order valence-electron chi connectivity index (χ0n) is 11.1. The van der Waals surface area contributed by atoms with Gasteiger partial charge in [-0.05, 0) is 32.0 Å². The fourth-order valence-corrected chi connectivity index (χ4v) is 2.31. The molecular formula is C14H19NO3. The van der Waals surface area contributed by atoms with Gasteiger partial charge in [0.15, 0.2) is 0 Å². The topological polar surface area (TPSA) is 38.8 Å². The molecule has 0 N–H and O–H groups in total. The summed E-state index contributed by atoms with van der Waals surface area (Å²) < 4.78 is 10.6. The average Bonchev–Trinajstić information content (AvgIpc) is 2.38. The molecule has 2 unspecified atom stereocenters. The molecule has 0 radical (unpaired) electrons. The van der Waals surface area contributed by atoms with Gasteiger partial charge in [0.25, 0.3) is 5.91 Å². The van der Waals surface area contributed by atoms with Gasteiger partial charge in [0.1, 0.15) is 5.75 Å². The summed E-state index contributed by atoms with van der Waals surface area (Å²) in [5.41, 5.74) is 0.662. The summed E-state index contributed by atoms with van der Waals surface area (Å²) in [4.78, 5) is 14.4. The molecule has 1 aromatic rings. The second kappa shape index (κ2) is 5.40. The lowest BCUT2D eigenvalue weighted by molar-refractivity contribution is -0.0249. The van der Waals surface area contributed by atoms with Crippen LogP contribution in [0.15, 0.2) is 24.3 Å². The molecule has 1 fully saturated rings. The molecule has 1 amide bonds. The van der Waals surface area contributed by atoms with Gasteiger partial charge in [-0.15, -0.1) is 0 Å². The van der Waals surface area contributed by atoms with Gasteiger partial charge in [0, 0.05) is 5.56 Å². The molecule has 0 saturated carbocycles. The van der Waals surface area contributed by atoms with E-state index in [2.05, 4.69) is 0 Å². The Labute approximate surface area is 107 Å². The SMILES string of the molecule is COc1cccc(C(=O)N2C(C)COCC2C)c1. The number of benzene rings is 1. The van der Waals surface area contributed by atoms with E-state index in [1.165, 1.54) is 0 Å². The maximum atomic E-state index is 12.5. The summed E-state index contributed by atoms with van der Waals surface area (Å²) >= 11 is 0. The van der Waals surface area contributed by atoms with Crippen LogP contribution < -0.4 is 4.74 Å². The molecule has 4 heteroatoms. The van der Waals surface area contributed by atoms with E-state index in [1.54, 1.807) is 13.2 Å². The van der Waals surface area contributed by atoms with Crippen molar-refractivity contribution >= 4 is 5.91 Å². The van der Waals surface area contributed by atoms with Crippen LogP contribution >= 0.6 is 0 Å². The molecular weight excluding hydrogens is 230 g/mol. The predicted octanol–water partition coefficient (Wildman–Crippen LogP) is 1.94. The van der Waals surface area contributed by atoms with E-state index < -0.39 is 0 Å². The summed E-state index contributed by atoms with van der Waals surface area (Å²) in [6.07, 6.45) is 0. The van der Waals surface area contributed by atoms with E-state index in [1.807, 2.05) is 36.9 Å². The summed E-state index contributed by atoms with van der Waals surface area (Å²) in [5, 5.41) is 0. The fraction of sp³-hybridized carbons (Fsp3) is 0.500. The van der Waals surface area contributed by atoms with Crippen molar-refractivity contribution in [2.75, 3.05) is 20.3 Å². The summed E-state index contributed by atoms with van der Waals surface area (Å²) in [5.74, 6) is 0.742. The number of carbonyl (C=O) groups is 1. The van der Waals surface area contributed by atoms with Crippen molar-refractivity contribution in [2.24, 2.45) is 0 Å². The number of carbonyl (C=O) groups excluding carboxylic acids is 1. The molecule has 18 heavy (non-hydrogen) atoms. The Hall–Kier alpha value is -1.55. The summed E-state index contributed by atoms with van der Waals surface area (Å²) in [6.45, 7) is 5.21. The highest BCUT2D eigenvalue weighted by atomic mass is 16.5. The van der Waals surface area contributed by atoms with Crippen molar-refractivity contribution in [2.45, 2.75) is 25.9 Å². The Morgan fingerprint density at radius 3 is 2.61 bits per heavy atom. The average molecular weight is 249 g/mol. The summed E-state index contributed by atoms with van der Waals surface area (Å²) in [6, 6.07) is 7.47. The number of morpholine rings is 1. The zero-order chi connectivity index (χ0) is 13.1. The zero-order valence-corrected chi connectivity index (χ0v) is 11.1. The van der Waals surface area contributed by atoms with Gasteiger partial charge in [-0.2, -0.15) is 0 Å². The van der Waals surface area contributed by atoms with Crippen molar-refractivity contribution in [3.05, 3.63) is 29.8 Å². The smallest absolute Gasteiger partial charge is 0.254 e. The van der Waals surface area contributed by atoms with Gasteiger partial charge in [-0.3, -0.25) is 4.79 Å². The highest BCUT2D eigenvalue weighted by molar-refractivity contribution is 5.95. The van der Waals surface area contributed by atoms with Crippen LogP contribution in [0.25, 0.3) is 0 Å². The van der Waals surface area contributed by atoms with Gasteiger partial charge in [-0.1, -0.05) is 6.07 Å². The molecule has 2 rings (SSSR count). The maximum Gasteiger partial charge on any atom is 0.254 e. The molecule has 1 aliphatic rings. The second-order valence-corrected chi connectivity index (χ2v) is 4.68. The number of nitrogens with zero attached hydrogens (tertiary/aromatic N) is 1. The molecule has 0 aliphatic carbocycles. The highest BCUT2D eigenvalue weighted by Crippen LogP contribution is 2.19.